The van der Waals surface area contributed by atoms with Crippen LogP contribution in [0.5, 0.6) is 0 Å². The molecule has 0 radical (unpaired) electrons. The first-order chi connectivity index (χ1) is 15.7. The summed E-state index contributed by atoms with van der Waals surface area (Å²) < 4.78 is 5.44. The van der Waals surface area contributed by atoms with Gasteiger partial charge in [0.1, 0.15) is 0 Å². The van der Waals surface area contributed by atoms with E-state index < -0.39 is 0 Å². The SMILES string of the molecule is O=C(c1nccs1)N1CCN(C2CC(=O)N(c3cccc(NC4CCOCC4)c3)C2)CC1. The van der Waals surface area contributed by atoms with Crippen LogP contribution in [0, 0.1) is 0 Å². The molecule has 0 bridgehead atoms. The number of benzene rings is 1. The van der Waals surface area contributed by atoms with Crippen LogP contribution in [0.15, 0.2) is 35.8 Å². The number of anilines is 2. The highest BCUT2D eigenvalue weighted by Gasteiger charge is 2.36. The van der Waals surface area contributed by atoms with Gasteiger partial charge in [-0.15, -0.1) is 11.3 Å². The first-order valence-electron chi connectivity index (χ1n) is 11.3. The Hall–Kier alpha value is -2.49. The molecule has 5 rings (SSSR count). The summed E-state index contributed by atoms with van der Waals surface area (Å²) in [7, 11) is 0. The maximum atomic E-state index is 12.8. The van der Waals surface area contributed by atoms with Gasteiger partial charge in [0.15, 0.2) is 5.01 Å². The van der Waals surface area contributed by atoms with E-state index in [2.05, 4.69) is 27.3 Å². The van der Waals surface area contributed by atoms with E-state index in [-0.39, 0.29) is 17.9 Å². The summed E-state index contributed by atoms with van der Waals surface area (Å²) in [6, 6.07) is 8.78. The molecule has 0 aliphatic carbocycles. The predicted octanol–water partition coefficient (Wildman–Crippen LogP) is 2.30. The maximum Gasteiger partial charge on any atom is 0.282 e. The molecule has 1 N–H and O–H groups in total. The summed E-state index contributed by atoms with van der Waals surface area (Å²) in [4.78, 5) is 35.7. The van der Waals surface area contributed by atoms with Crippen LogP contribution in [-0.2, 0) is 9.53 Å². The van der Waals surface area contributed by atoms with Crippen LogP contribution in [0.25, 0.3) is 0 Å². The highest BCUT2D eigenvalue weighted by Crippen LogP contribution is 2.28. The van der Waals surface area contributed by atoms with Crippen molar-refractivity contribution >= 4 is 34.5 Å². The molecule has 2 amide bonds. The molecule has 170 valence electrons. The van der Waals surface area contributed by atoms with Gasteiger partial charge in [0.2, 0.25) is 5.91 Å². The Labute approximate surface area is 192 Å². The number of ether oxygens (including phenoxy) is 1. The zero-order valence-corrected chi connectivity index (χ0v) is 18.9. The molecule has 32 heavy (non-hydrogen) atoms. The maximum absolute atomic E-state index is 12.8. The van der Waals surface area contributed by atoms with Crippen molar-refractivity contribution in [3.63, 3.8) is 0 Å². The van der Waals surface area contributed by atoms with Crippen LogP contribution >= 0.6 is 11.3 Å². The quantitative estimate of drug-likeness (QED) is 0.746. The first kappa shape index (κ1) is 21.4. The standard InChI is InChI=1S/C23H29N5O3S/c29-21-15-20(26-7-9-27(10-8-26)23(30)22-24-6-13-32-22)16-28(21)19-3-1-2-18(14-19)25-17-4-11-31-12-5-17/h1-3,6,13-14,17,20,25H,4-5,7-12,15-16H2. The molecule has 9 heteroatoms. The average molecular weight is 456 g/mol. The van der Waals surface area contributed by atoms with Crippen LogP contribution < -0.4 is 10.2 Å². The fourth-order valence-corrected chi connectivity index (χ4v) is 5.38. The Morgan fingerprint density at radius 2 is 1.97 bits per heavy atom. The van der Waals surface area contributed by atoms with Crippen LogP contribution in [0.2, 0.25) is 0 Å². The molecule has 1 atom stereocenters. The van der Waals surface area contributed by atoms with Crippen molar-refractivity contribution in [2.45, 2.75) is 31.3 Å². The average Bonchev–Trinajstić information content (AvgIpc) is 3.50. The zero-order chi connectivity index (χ0) is 21.9. The van der Waals surface area contributed by atoms with E-state index in [1.807, 2.05) is 27.3 Å². The fourth-order valence-electron chi connectivity index (χ4n) is 4.78. The van der Waals surface area contributed by atoms with Gasteiger partial charge in [-0.3, -0.25) is 14.5 Å². The Morgan fingerprint density at radius 3 is 2.72 bits per heavy atom. The number of piperazine rings is 1. The number of aromatic nitrogens is 1. The first-order valence-corrected chi connectivity index (χ1v) is 12.2. The topological polar surface area (TPSA) is 78.0 Å². The van der Waals surface area contributed by atoms with Crippen molar-refractivity contribution in [1.29, 1.82) is 0 Å². The molecule has 4 heterocycles. The van der Waals surface area contributed by atoms with Crippen molar-refractivity contribution < 1.29 is 14.3 Å². The second kappa shape index (κ2) is 9.56. The highest BCUT2D eigenvalue weighted by atomic mass is 32.1. The van der Waals surface area contributed by atoms with Crippen molar-refractivity contribution in [3.05, 3.63) is 40.8 Å². The zero-order valence-electron chi connectivity index (χ0n) is 18.1. The second-order valence-corrected chi connectivity index (χ2v) is 9.50. The number of nitrogens with zero attached hydrogens (tertiary/aromatic N) is 4. The number of thiazole rings is 1. The lowest BCUT2D eigenvalue weighted by Crippen LogP contribution is -2.52. The van der Waals surface area contributed by atoms with Crippen molar-refractivity contribution in [1.82, 2.24) is 14.8 Å². The highest BCUT2D eigenvalue weighted by molar-refractivity contribution is 7.11. The van der Waals surface area contributed by atoms with Gasteiger partial charge >= 0.3 is 0 Å². The van der Waals surface area contributed by atoms with Gasteiger partial charge in [-0.25, -0.2) is 4.98 Å². The summed E-state index contributed by atoms with van der Waals surface area (Å²) in [5, 5.41) is 5.97. The molecular formula is C23H29N5O3S. The third-order valence-electron chi connectivity index (χ3n) is 6.59. The minimum Gasteiger partial charge on any atom is -0.382 e. The number of hydrogen-bond donors (Lipinski definition) is 1. The largest absolute Gasteiger partial charge is 0.382 e. The van der Waals surface area contributed by atoms with E-state index >= 15 is 0 Å². The normalized spacial score (nSPS) is 23.0. The van der Waals surface area contributed by atoms with E-state index in [4.69, 9.17) is 4.74 Å². The molecule has 1 unspecified atom stereocenters. The van der Waals surface area contributed by atoms with Crippen molar-refractivity contribution in [2.75, 3.05) is 56.2 Å². The molecule has 3 aliphatic rings. The Balaban J connectivity index is 1.18. The molecule has 1 aromatic carbocycles. The number of carbonyl (C=O) groups is 2. The molecule has 1 aromatic heterocycles. The fraction of sp³-hybridized carbons (Fsp3) is 0.522. The van der Waals surface area contributed by atoms with E-state index in [1.54, 1.807) is 6.20 Å². The van der Waals surface area contributed by atoms with Gasteiger partial charge < -0.3 is 19.9 Å². The molecule has 0 spiro atoms. The monoisotopic (exact) mass is 455 g/mol. The minimum absolute atomic E-state index is 0.0117. The Kier molecular flexibility index (Phi) is 6.38. The minimum atomic E-state index is 0.0117. The lowest BCUT2D eigenvalue weighted by Gasteiger charge is -2.37. The summed E-state index contributed by atoms with van der Waals surface area (Å²) in [6.45, 7) is 5.21. The lowest BCUT2D eigenvalue weighted by atomic mass is 10.1. The van der Waals surface area contributed by atoms with Gasteiger partial charge in [0.25, 0.3) is 5.91 Å². The van der Waals surface area contributed by atoms with E-state index in [9.17, 15) is 9.59 Å². The molecule has 3 fully saturated rings. The predicted molar refractivity (Wildman–Crippen MR) is 124 cm³/mol. The van der Waals surface area contributed by atoms with Gasteiger partial charge in [-0.05, 0) is 31.0 Å². The van der Waals surface area contributed by atoms with Crippen molar-refractivity contribution in [3.8, 4) is 0 Å². The lowest BCUT2D eigenvalue weighted by molar-refractivity contribution is -0.117. The van der Waals surface area contributed by atoms with Gasteiger partial charge in [-0.2, -0.15) is 0 Å². The third-order valence-corrected chi connectivity index (χ3v) is 7.35. The molecule has 3 aliphatic heterocycles. The van der Waals surface area contributed by atoms with Crippen LogP contribution in [0.3, 0.4) is 0 Å². The molecular weight excluding hydrogens is 426 g/mol. The van der Waals surface area contributed by atoms with Gasteiger partial charge in [0, 0.05) is 87.4 Å². The van der Waals surface area contributed by atoms with Crippen molar-refractivity contribution in [2.24, 2.45) is 0 Å². The van der Waals surface area contributed by atoms with Crippen LogP contribution in [0.4, 0.5) is 11.4 Å². The molecule has 0 saturated carbocycles. The summed E-state index contributed by atoms with van der Waals surface area (Å²) >= 11 is 1.38. The number of nitrogens with one attached hydrogen (secondary N) is 1. The second-order valence-electron chi connectivity index (χ2n) is 8.61. The number of carbonyl (C=O) groups excluding carboxylic acids is 2. The Bertz CT molecular complexity index is 939. The van der Waals surface area contributed by atoms with Gasteiger partial charge in [-0.1, -0.05) is 6.07 Å². The number of hydrogen-bond acceptors (Lipinski definition) is 7. The van der Waals surface area contributed by atoms with Crippen LogP contribution in [-0.4, -0.2) is 84.6 Å². The smallest absolute Gasteiger partial charge is 0.282 e. The summed E-state index contributed by atoms with van der Waals surface area (Å²) in [5.74, 6) is 0.178. The number of rotatable bonds is 5. The Morgan fingerprint density at radius 1 is 1.16 bits per heavy atom. The van der Waals surface area contributed by atoms with E-state index in [1.165, 1.54) is 11.3 Å². The molecule has 8 nitrogen and oxygen atoms in total. The summed E-state index contributed by atoms with van der Waals surface area (Å²) in [6.07, 6.45) is 4.21. The molecule has 3 saturated heterocycles. The van der Waals surface area contributed by atoms with E-state index in [0.717, 1.165) is 50.5 Å². The van der Waals surface area contributed by atoms with Crippen LogP contribution in [0.1, 0.15) is 29.1 Å². The summed E-state index contributed by atoms with van der Waals surface area (Å²) in [5.41, 5.74) is 2.01. The van der Waals surface area contributed by atoms with Gasteiger partial charge in [0.05, 0.1) is 0 Å². The third kappa shape index (κ3) is 4.65. The molecule has 2 aromatic rings. The number of amides is 2. The van der Waals surface area contributed by atoms with E-state index in [0.29, 0.717) is 37.1 Å².